The number of rotatable bonds is 3. The van der Waals surface area contributed by atoms with Crippen molar-refractivity contribution in [2.45, 2.75) is 32.6 Å². The Bertz CT molecular complexity index is 661. The second-order valence-electron chi connectivity index (χ2n) is 5.83. The molecule has 2 aromatic rings. The molecule has 1 aromatic heterocycles. The first-order valence-electron chi connectivity index (χ1n) is 8.70. The fourth-order valence-electron chi connectivity index (χ4n) is 2.65. The smallest absolute Gasteiger partial charge is 0.225 e. The number of piperazine rings is 1. The molecule has 0 atom stereocenters. The fraction of sp³-hybridized carbons (Fsp3) is 0.474. The first-order valence-corrected chi connectivity index (χ1v) is 9.48. The zero-order valence-electron chi connectivity index (χ0n) is 15.0. The standard InChI is InChI=1S/C17H21N3OS.C2H6/c1-13(2)17(21)19-9-11-20(12-10-19)22-15-7-3-5-14-6-4-8-18-16(14)15;1-2/h3-8,13H,9-12H2,1-2H3;1-2H3. The fourth-order valence-corrected chi connectivity index (χ4v) is 3.67. The normalized spacial score (nSPS) is 15.3. The first-order chi connectivity index (χ1) is 11.6. The maximum atomic E-state index is 12.0. The number of carbonyl (C=O) groups is 1. The van der Waals surface area contributed by atoms with Gasteiger partial charge >= 0.3 is 0 Å². The van der Waals surface area contributed by atoms with Crippen LogP contribution in [0, 0.1) is 5.92 Å². The van der Waals surface area contributed by atoms with E-state index in [1.165, 1.54) is 10.3 Å². The van der Waals surface area contributed by atoms with Crippen LogP contribution in [0.3, 0.4) is 0 Å². The summed E-state index contributed by atoms with van der Waals surface area (Å²) >= 11 is 1.75. The van der Waals surface area contributed by atoms with Crippen molar-refractivity contribution >= 4 is 28.8 Å². The van der Waals surface area contributed by atoms with Gasteiger partial charge in [0.15, 0.2) is 0 Å². The summed E-state index contributed by atoms with van der Waals surface area (Å²) in [5, 5.41) is 1.17. The van der Waals surface area contributed by atoms with Gasteiger partial charge in [0.05, 0.1) is 5.52 Å². The summed E-state index contributed by atoms with van der Waals surface area (Å²) < 4.78 is 2.33. The summed E-state index contributed by atoms with van der Waals surface area (Å²) in [4.78, 5) is 19.7. The average molecular weight is 346 g/mol. The van der Waals surface area contributed by atoms with Crippen LogP contribution in [0.5, 0.6) is 0 Å². The maximum absolute atomic E-state index is 12.0. The van der Waals surface area contributed by atoms with Crippen molar-refractivity contribution in [2.24, 2.45) is 5.92 Å². The lowest BCUT2D eigenvalue weighted by molar-refractivity contribution is -0.135. The van der Waals surface area contributed by atoms with Gasteiger partial charge in [0, 0.05) is 48.6 Å². The Morgan fingerprint density at radius 3 is 2.42 bits per heavy atom. The molecule has 0 saturated carbocycles. The third kappa shape index (κ3) is 4.48. The van der Waals surface area contributed by atoms with E-state index in [1.54, 1.807) is 11.9 Å². The lowest BCUT2D eigenvalue weighted by Crippen LogP contribution is -2.47. The molecule has 5 heteroatoms. The highest BCUT2D eigenvalue weighted by molar-refractivity contribution is 7.97. The van der Waals surface area contributed by atoms with Gasteiger partial charge in [0.2, 0.25) is 5.91 Å². The van der Waals surface area contributed by atoms with Crippen LogP contribution in [0.1, 0.15) is 27.7 Å². The van der Waals surface area contributed by atoms with Gasteiger partial charge in [-0.1, -0.05) is 45.9 Å². The predicted molar refractivity (Wildman–Crippen MR) is 102 cm³/mol. The number of amides is 1. The number of benzene rings is 1. The zero-order chi connectivity index (χ0) is 17.5. The Labute approximate surface area is 149 Å². The van der Waals surface area contributed by atoms with E-state index in [9.17, 15) is 4.79 Å². The lowest BCUT2D eigenvalue weighted by atomic mass is 10.2. The molecule has 0 unspecified atom stereocenters. The van der Waals surface area contributed by atoms with Crippen LogP contribution in [0.15, 0.2) is 41.4 Å². The number of pyridine rings is 1. The van der Waals surface area contributed by atoms with E-state index in [2.05, 4.69) is 33.6 Å². The highest BCUT2D eigenvalue weighted by Gasteiger charge is 2.23. The minimum absolute atomic E-state index is 0.0847. The van der Waals surface area contributed by atoms with Crippen molar-refractivity contribution in [1.29, 1.82) is 0 Å². The van der Waals surface area contributed by atoms with E-state index in [0.717, 1.165) is 31.7 Å². The monoisotopic (exact) mass is 345 g/mol. The Balaban J connectivity index is 0.00000100. The summed E-state index contributed by atoms with van der Waals surface area (Å²) in [6.45, 7) is 11.3. The highest BCUT2D eigenvalue weighted by atomic mass is 32.2. The second kappa shape index (κ2) is 9.04. The minimum atomic E-state index is 0.0847. The Morgan fingerprint density at radius 2 is 1.75 bits per heavy atom. The third-order valence-electron chi connectivity index (χ3n) is 3.87. The van der Waals surface area contributed by atoms with Gasteiger partial charge in [-0.15, -0.1) is 0 Å². The number of para-hydroxylation sites is 1. The van der Waals surface area contributed by atoms with Crippen LogP contribution in [0.4, 0.5) is 0 Å². The van der Waals surface area contributed by atoms with Crippen molar-refractivity contribution in [1.82, 2.24) is 14.2 Å². The quantitative estimate of drug-likeness (QED) is 0.786. The van der Waals surface area contributed by atoms with Gasteiger partial charge in [-0.3, -0.25) is 9.78 Å². The summed E-state index contributed by atoms with van der Waals surface area (Å²) in [5.74, 6) is 0.345. The van der Waals surface area contributed by atoms with Crippen LogP contribution >= 0.6 is 11.9 Å². The highest BCUT2D eigenvalue weighted by Crippen LogP contribution is 2.29. The molecule has 0 bridgehead atoms. The van der Waals surface area contributed by atoms with E-state index >= 15 is 0 Å². The number of fused-ring (bicyclic) bond motifs is 1. The van der Waals surface area contributed by atoms with Crippen molar-refractivity contribution in [3.05, 3.63) is 36.5 Å². The van der Waals surface area contributed by atoms with E-state index in [1.807, 2.05) is 44.9 Å². The van der Waals surface area contributed by atoms with Gasteiger partial charge in [-0.2, -0.15) is 0 Å². The molecular formula is C19H27N3OS. The number of hydrogen-bond acceptors (Lipinski definition) is 4. The van der Waals surface area contributed by atoms with Crippen LogP contribution in [-0.4, -0.2) is 46.3 Å². The van der Waals surface area contributed by atoms with Gasteiger partial charge < -0.3 is 4.90 Å². The second-order valence-corrected chi connectivity index (χ2v) is 6.97. The summed E-state index contributed by atoms with van der Waals surface area (Å²) in [5.41, 5.74) is 1.05. The van der Waals surface area contributed by atoms with Crippen molar-refractivity contribution in [3.8, 4) is 0 Å². The molecule has 0 N–H and O–H groups in total. The SMILES string of the molecule is CC.CC(C)C(=O)N1CCN(Sc2cccc3cccnc23)CC1. The molecule has 1 aliphatic heterocycles. The summed E-state index contributed by atoms with van der Waals surface area (Å²) in [6, 6.07) is 10.3. The summed E-state index contributed by atoms with van der Waals surface area (Å²) in [7, 11) is 0. The van der Waals surface area contributed by atoms with Crippen molar-refractivity contribution < 1.29 is 4.79 Å². The predicted octanol–water partition coefficient (Wildman–Crippen LogP) is 4.07. The molecular weight excluding hydrogens is 318 g/mol. The molecule has 4 nitrogen and oxygen atoms in total. The molecule has 1 aromatic carbocycles. The van der Waals surface area contributed by atoms with E-state index in [0.29, 0.717) is 0 Å². The molecule has 1 fully saturated rings. The van der Waals surface area contributed by atoms with Crippen molar-refractivity contribution in [3.63, 3.8) is 0 Å². The third-order valence-corrected chi connectivity index (χ3v) is 5.02. The van der Waals surface area contributed by atoms with Crippen LogP contribution in [0.25, 0.3) is 10.9 Å². The molecule has 2 heterocycles. The largest absolute Gasteiger partial charge is 0.340 e. The van der Waals surface area contributed by atoms with Gasteiger partial charge in [-0.05, 0) is 24.1 Å². The molecule has 1 saturated heterocycles. The molecule has 0 radical (unpaired) electrons. The Morgan fingerprint density at radius 1 is 1.08 bits per heavy atom. The average Bonchev–Trinajstić information content (AvgIpc) is 2.64. The molecule has 1 aliphatic rings. The van der Waals surface area contributed by atoms with Crippen molar-refractivity contribution in [2.75, 3.05) is 26.2 Å². The first kappa shape index (κ1) is 18.7. The maximum Gasteiger partial charge on any atom is 0.225 e. The number of hydrogen-bond donors (Lipinski definition) is 0. The van der Waals surface area contributed by atoms with Gasteiger partial charge in [0.25, 0.3) is 0 Å². The van der Waals surface area contributed by atoms with Crippen LogP contribution in [0.2, 0.25) is 0 Å². The lowest BCUT2D eigenvalue weighted by Gasteiger charge is -2.34. The van der Waals surface area contributed by atoms with E-state index in [4.69, 9.17) is 0 Å². The number of carbonyl (C=O) groups excluding carboxylic acids is 1. The molecule has 0 spiro atoms. The van der Waals surface area contributed by atoms with Crippen LogP contribution < -0.4 is 0 Å². The molecule has 0 aliphatic carbocycles. The number of nitrogens with zero attached hydrogens (tertiary/aromatic N) is 3. The number of aromatic nitrogens is 1. The molecule has 1 amide bonds. The van der Waals surface area contributed by atoms with E-state index in [-0.39, 0.29) is 11.8 Å². The van der Waals surface area contributed by atoms with E-state index < -0.39 is 0 Å². The Kier molecular flexibility index (Phi) is 7.06. The van der Waals surface area contributed by atoms with Gasteiger partial charge in [0.1, 0.15) is 0 Å². The summed E-state index contributed by atoms with van der Waals surface area (Å²) in [6.07, 6.45) is 1.84. The zero-order valence-corrected chi connectivity index (χ0v) is 15.8. The van der Waals surface area contributed by atoms with Crippen LogP contribution in [-0.2, 0) is 4.79 Å². The molecule has 3 rings (SSSR count). The topological polar surface area (TPSA) is 36.4 Å². The molecule has 24 heavy (non-hydrogen) atoms. The van der Waals surface area contributed by atoms with Gasteiger partial charge in [-0.25, -0.2) is 4.31 Å². The molecule has 130 valence electrons. The Hall–Kier alpha value is -1.59. The minimum Gasteiger partial charge on any atom is -0.340 e.